The number of rotatable bonds is 4. The predicted molar refractivity (Wildman–Crippen MR) is 82.3 cm³/mol. The first-order valence-electron chi connectivity index (χ1n) is 7.14. The monoisotopic (exact) mass is 314 g/mol. The summed E-state index contributed by atoms with van der Waals surface area (Å²) >= 11 is 0. The molecule has 2 atom stereocenters. The zero-order valence-corrected chi connectivity index (χ0v) is 14.6. The summed E-state index contributed by atoms with van der Waals surface area (Å²) in [7, 11) is 0.828. The average Bonchev–Trinajstić information content (AvgIpc) is 2.44. The fourth-order valence-corrected chi connectivity index (χ4v) is 4.37. The maximum Gasteiger partial charge on any atom is 0.323 e. The molecule has 0 aromatic heterocycles. The Labute approximate surface area is 127 Å². The summed E-state index contributed by atoms with van der Waals surface area (Å²) in [6, 6.07) is 0. The van der Waals surface area contributed by atoms with E-state index in [-0.39, 0.29) is 18.8 Å². The number of hydrogen-bond donors (Lipinski definition) is 1. The number of ether oxygens (including phenoxy) is 2. The minimum absolute atomic E-state index is 0.205. The molecule has 6 heteroatoms. The second-order valence-corrected chi connectivity index (χ2v) is 11.9. The van der Waals surface area contributed by atoms with E-state index in [1.807, 2.05) is 0 Å². The largest absolute Gasteiger partial charge is 0.468 e. The van der Waals surface area contributed by atoms with Crippen molar-refractivity contribution < 1.29 is 24.2 Å². The van der Waals surface area contributed by atoms with Crippen LogP contribution in [0, 0.1) is 11.3 Å². The molecule has 21 heavy (non-hydrogen) atoms. The maximum atomic E-state index is 12.2. The molecule has 0 aromatic rings. The summed E-state index contributed by atoms with van der Waals surface area (Å²) < 4.78 is 9.65. The van der Waals surface area contributed by atoms with Gasteiger partial charge in [-0.05, 0) is 19.3 Å². The molecule has 0 spiro atoms. The van der Waals surface area contributed by atoms with Gasteiger partial charge in [0, 0.05) is 5.92 Å². The SMILES string of the molecule is C=C([C@@H]1CC(C(=O)OC)(C(=O)OC)CC[C@@H]1O)[Si](C)(C)C. The molecule has 1 N–H and O–H groups in total. The van der Waals surface area contributed by atoms with Crippen LogP contribution in [0.1, 0.15) is 19.3 Å². The van der Waals surface area contributed by atoms with Crippen molar-refractivity contribution in [2.24, 2.45) is 11.3 Å². The summed E-state index contributed by atoms with van der Waals surface area (Å²) in [6.07, 6.45) is 0.226. The topological polar surface area (TPSA) is 72.8 Å². The zero-order chi connectivity index (χ0) is 16.4. The van der Waals surface area contributed by atoms with Crippen LogP contribution in [0.5, 0.6) is 0 Å². The van der Waals surface area contributed by atoms with E-state index in [9.17, 15) is 14.7 Å². The molecule has 1 rings (SSSR count). The molecule has 120 valence electrons. The van der Waals surface area contributed by atoms with E-state index >= 15 is 0 Å². The summed E-state index contributed by atoms with van der Waals surface area (Å²) in [5.74, 6) is -1.45. The molecular formula is C15H26O5Si. The first-order valence-corrected chi connectivity index (χ1v) is 10.6. The highest BCUT2D eigenvalue weighted by Gasteiger charge is 2.54. The highest BCUT2D eigenvalue weighted by atomic mass is 28.3. The highest BCUT2D eigenvalue weighted by Crippen LogP contribution is 2.45. The van der Waals surface area contributed by atoms with Crippen molar-refractivity contribution in [3.05, 3.63) is 11.8 Å². The van der Waals surface area contributed by atoms with Gasteiger partial charge in [0.2, 0.25) is 0 Å². The van der Waals surface area contributed by atoms with E-state index in [1.165, 1.54) is 14.2 Å². The van der Waals surface area contributed by atoms with Crippen LogP contribution >= 0.6 is 0 Å². The molecule has 0 unspecified atom stereocenters. The normalized spacial score (nSPS) is 25.0. The van der Waals surface area contributed by atoms with Crippen molar-refractivity contribution in [1.29, 1.82) is 0 Å². The van der Waals surface area contributed by atoms with E-state index in [0.717, 1.165) is 5.20 Å². The fraction of sp³-hybridized carbons (Fsp3) is 0.733. The van der Waals surface area contributed by atoms with Gasteiger partial charge in [-0.1, -0.05) is 24.8 Å². The number of carbonyl (C=O) groups is 2. The second-order valence-electron chi connectivity index (χ2n) is 6.76. The summed E-state index contributed by atoms with van der Waals surface area (Å²) in [4.78, 5) is 24.4. The number of hydrogen-bond acceptors (Lipinski definition) is 5. The first-order chi connectivity index (χ1) is 9.60. The summed E-state index contributed by atoms with van der Waals surface area (Å²) in [5, 5.41) is 11.3. The zero-order valence-electron chi connectivity index (χ0n) is 13.6. The molecular weight excluding hydrogens is 288 g/mol. The van der Waals surface area contributed by atoms with E-state index in [1.54, 1.807) is 0 Å². The van der Waals surface area contributed by atoms with E-state index < -0.39 is 31.5 Å². The van der Waals surface area contributed by atoms with Gasteiger partial charge in [0.15, 0.2) is 5.41 Å². The van der Waals surface area contributed by atoms with Gasteiger partial charge >= 0.3 is 11.9 Å². The van der Waals surface area contributed by atoms with Crippen LogP contribution in [0.4, 0.5) is 0 Å². The standard InChI is InChI=1S/C15H26O5Si/c1-10(21(4,5)6)11-9-15(13(17)19-2,14(18)20-3)8-7-12(11)16/h11-12,16H,1,7-9H2,2-6H3/t11-,12-/m0/s1. The molecule has 1 aliphatic carbocycles. The Morgan fingerprint density at radius 1 is 1.19 bits per heavy atom. The molecule has 0 bridgehead atoms. The lowest BCUT2D eigenvalue weighted by atomic mass is 9.68. The van der Waals surface area contributed by atoms with Gasteiger partial charge in [-0.2, -0.15) is 0 Å². The van der Waals surface area contributed by atoms with Crippen molar-refractivity contribution in [2.45, 2.75) is 45.0 Å². The molecule has 0 saturated heterocycles. The molecule has 0 aliphatic heterocycles. The van der Waals surface area contributed by atoms with Crippen LogP contribution in [0.15, 0.2) is 11.8 Å². The molecule has 5 nitrogen and oxygen atoms in total. The van der Waals surface area contributed by atoms with Crippen LogP contribution in [-0.2, 0) is 19.1 Å². The lowest BCUT2D eigenvalue weighted by molar-refractivity contribution is -0.174. The lowest BCUT2D eigenvalue weighted by Crippen LogP contribution is -2.50. The first kappa shape index (κ1) is 17.9. The van der Waals surface area contributed by atoms with Crippen LogP contribution in [0.3, 0.4) is 0 Å². The number of carbonyl (C=O) groups excluding carboxylic acids is 2. The van der Waals surface area contributed by atoms with Crippen molar-refractivity contribution in [2.75, 3.05) is 14.2 Å². The third-order valence-corrected chi connectivity index (χ3v) is 6.76. The van der Waals surface area contributed by atoms with Gasteiger partial charge in [0.05, 0.1) is 28.4 Å². The Morgan fingerprint density at radius 2 is 1.67 bits per heavy atom. The van der Waals surface area contributed by atoms with Gasteiger partial charge in [0.1, 0.15) is 0 Å². The van der Waals surface area contributed by atoms with Crippen molar-refractivity contribution in [1.82, 2.24) is 0 Å². The van der Waals surface area contributed by atoms with Crippen LogP contribution in [0.25, 0.3) is 0 Å². The van der Waals surface area contributed by atoms with Gasteiger partial charge in [0.25, 0.3) is 0 Å². The van der Waals surface area contributed by atoms with Crippen LogP contribution in [-0.4, -0.2) is 45.4 Å². The Bertz CT molecular complexity index is 422. The third kappa shape index (κ3) is 3.37. The summed E-state index contributed by atoms with van der Waals surface area (Å²) in [5.41, 5.74) is -1.32. The lowest BCUT2D eigenvalue weighted by Gasteiger charge is -2.42. The number of aliphatic hydroxyl groups is 1. The van der Waals surface area contributed by atoms with Gasteiger partial charge in [-0.15, -0.1) is 6.58 Å². The maximum absolute atomic E-state index is 12.2. The van der Waals surface area contributed by atoms with Crippen LogP contribution in [0.2, 0.25) is 19.6 Å². The van der Waals surface area contributed by atoms with Crippen molar-refractivity contribution in [3.8, 4) is 0 Å². The number of aliphatic hydroxyl groups excluding tert-OH is 1. The van der Waals surface area contributed by atoms with Crippen molar-refractivity contribution >= 4 is 20.0 Å². The second kappa shape index (κ2) is 6.32. The highest BCUT2D eigenvalue weighted by molar-refractivity contribution is 6.83. The minimum atomic E-state index is -1.70. The summed E-state index contributed by atoms with van der Waals surface area (Å²) in [6.45, 7) is 10.5. The van der Waals surface area contributed by atoms with Gasteiger partial charge in [-0.25, -0.2) is 0 Å². The predicted octanol–water partition coefficient (Wildman–Crippen LogP) is 1.91. The van der Waals surface area contributed by atoms with E-state index in [4.69, 9.17) is 9.47 Å². The van der Waals surface area contributed by atoms with Crippen LogP contribution < -0.4 is 0 Å². The quantitative estimate of drug-likeness (QED) is 0.487. The Hall–Kier alpha value is -1.14. The number of esters is 2. The smallest absolute Gasteiger partial charge is 0.323 e. The fourth-order valence-electron chi connectivity index (χ4n) is 2.97. The molecule has 1 fully saturated rings. The molecule has 0 radical (unpaired) electrons. The molecule has 0 amide bonds. The molecule has 0 heterocycles. The Kier molecular flexibility index (Phi) is 5.39. The van der Waals surface area contributed by atoms with Gasteiger partial charge < -0.3 is 14.6 Å². The minimum Gasteiger partial charge on any atom is -0.468 e. The Balaban J connectivity index is 3.17. The molecule has 1 saturated carbocycles. The Morgan fingerprint density at radius 3 is 2.05 bits per heavy atom. The average molecular weight is 314 g/mol. The van der Waals surface area contributed by atoms with E-state index in [0.29, 0.717) is 6.42 Å². The number of methoxy groups -OCH3 is 2. The third-order valence-electron chi connectivity index (χ3n) is 4.46. The van der Waals surface area contributed by atoms with Crippen molar-refractivity contribution in [3.63, 3.8) is 0 Å². The van der Waals surface area contributed by atoms with E-state index in [2.05, 4.69) is 26.2 Å². The van der Waals surface area contributed by atoms with Gasteiger partial charge in [-0.3, -0.25) is 9.59 Å². The molecule has 1 aliphatic rings. The molecule has 0 aromatic carbocycles.